The fourth-order valence-corrected chi connectivity index (χ4v) is 3.32. The van der Waals surface area contributed by atoms with Crippen LogP contribution in [0.5, 0.6) is 0 Å². The van der Waals surface area contributed by atoms with Gasteiger partial charge < -0.3 is 16.2 Å². The number of nitrogens with two attached hydrogens (primary N) is 1. The summed E-state index contributed by atoms with van der Waals surface area (Å²) < 4.78 is 13.8. The highest BCUT2D eigenvalue weighted by atomic mass is 35.5. The second-order valence-corrected chi connectivity index (χ2v) is 5.59. The fraction of sp³-hybridized carbons (Fsp3) is 0.538. The number of hydrogen-bond donors (Lipinski definition) is 3. The quantitative estimate of drug-likeness (QED) is 0.722. The van der Waals surface area contributed by atoms with Crippen LogP contribution in [-0.2, 0) is 0 Å². The van der Waals surface area contributed by atoms with E-state index in [-0.39, 0.29) is 29.7 Å². The van der Waals surface area contributed by atoms with E-state index in [1.807, 2.05) is 0 Å². The molecule has 0 amide bonds. The third-order valence-electron chi connectivity index (χ3n) is 4.17. The predicted octanol–water partition coefficient (Wildman–Crippen LogP) is 2.00. The van der Waals surface area contributed by atoms with E-state index in [4.69, 9.17) is 5.73 Å². The minimum atomic E-state index is -0.812. The highest BCUT2D eigenvalue weighted by molar-refractivity contribution is 5.85. The largest absolute Gasteiger partial charge is 0.396 e. The number of benzene rings is 1. The van der Waals surface area contributed by atoms with Crippen LogP contribution in [0.25, 0.3) is 0 Å². The van der Waals surface area contributed by atoms with Gasteiger partial charge in [0.2, 0.25) is 0 Å². The predicted molar refractivity (Wildman–Crippen MR) is 71.1 cm³/mol. The van der Waals surface area contributed by atoms with Crippen LogP contribution in [0.1, 0.15) is 31.4 Å². The molecule has 18 heavy (non-hydrogen) atoms. The number of nitrogens with one attached hydrogen (secondary N) is 1. The lowest BCUT2D eigenvalue weighted by Crippen LogP contribution is -2.40. The number of aliphatic hydroxyl groups is 1. The van der Waals surface area contributed by atoms with Crippen LogP contribution < -0.4 is 11.1 Å². The molecular formula is C13H18ClFN2O. The molecule has 0 aromatic heterocycles. The van der Waals surface area contributed by atoms with Gasteiger partial charge in [0.1, 0.15) is 0 Å². The molecule has 3 nitrogen and oxygen atoms in total. The molecule has 5 heteroatoms. The molecular weight excluding hydrogens is 255 g/mol. The van der Waals surface area contributed by atoms with Crippen molar-refractivity contribution in [1.29, 1.82) is 0 Å². The van der Waals surface area contributed by atoms with E-state index in [1.165, 1.54) is 6.07 Å². The van der Waals surface area contributed by atoms with Gasteiger partial charge in [0.05, 0.1) is 11.8 Å². The lowest BCUT2D eigenvalue weighted by atomic mass is 9.72. The Hall–Kier alpha value is -0.840. The summed E-state index contributed by atoms with van der Waals surface area (Å²) in [5.74, 6) is -0.0353. The van der Waals surface area contributed by atoms with Crippen LogP contribution in [0.15, 0.2) is 18.2 Å². The van der Waals surface area contributed by atoms with Gasteiger partial charge in [-0.3, -0.25) is 0 Å². The van der Waals surface area contributed by atoms with Crippen molar-refractivity contribution in [2.75, 3.05) is 5.73 Å². The number of anilines is 1. The molecule has 0 radical (unpaired) electrons. The lowest BCUT2D eigenvalue weighted by molar-refractivity contribution is 0.118. The van der Waals surface area contributed by atoms with E-state index in [1.54, 1.807) is 12.1 Å². The van der Waals surface area contributed by atoms with Crippen molar-refractivity contribution in [2.45, 2.75) is 37.5 Å². The number of nitrogen functional groups attached to an aromatic ring is 1. The van der Waals surface area contributed by atoms with E-state index < -0.39 is 11.9 Å². The number of aliphatic hydroxyl groups excluding tert-OH is 1. The third-order valence-corrected chi connectivity index (χ3v) is 4.17. The summed E-state index contributed by atoms with van der Waals surface area (Å²) in [5, 5.41) is 13.7. The Morgan fingerprint density at radius 1 is 1.50 bits per heavy atom. The van der Waals surface area contributed by atoms with Crippen LogP contribution in [-0.4, -0.2) is 16.7 Å². The zero-order valence-electron chi connectivity index (χ0n) is 10.2. The maximum Gasteiger partial charge on any atom is 0.151 e. The van der Waals surface area contributed by atoms with Crippen LogP contribution >= 0.6 is 12.4 Å². The van der Waals surface area contributed by atoms with Gasteiger partial charge in [0.25, 0.3) is 0 Å². The number of halogens is 2. The second-order valence-electron chi connectivity index (χ2n) is 5.59. The number of rotatable bonds is 2. The Morgan fingerprint density at radius 3 is 2.72 bits per heavy atom. The first-order valence-corrected chi connectivity index (χ1v) is 6.00. The second kappa shape index (κ2) is 4.37. The molecule has 4 N–H and O–H groups in total. The highest BCUT2D eigenvalue weighted by Crippen LogP contribution is 2.50. The van der Waals surface area contributed by atoms with Crippen molar-refractivity contribution in [3.05, 3.63) is 29.6 Å². The molecule has 0 spiro atoms. The molecule has 1 aromatic rings. The molecule has 2 saturated heterocycles. The van der Waals surface area contributed by atoms with Gasteiger partial charge in [-0.2, -0.15) is 0 Å². The summed E-state index contributed by atoms with van der Waals surface area (Å²) in [6, 6.07) is 4.75. The van der Waals surface area contributed by atoms with Gasteiger partial charge in [-0.25, -0.2) is 4.39 Å². The van der Waals surface area contributed by atoms with Gasteiger partial charge in [0.15, 0.2) is 5.82 Å². The normalized spacial score (nSPS) is 34.6. The fourth-order valence-electron chi connectivity index (χ4n) is 3.32. The minimum absolute atomic E-state index is 0. The molecule has 3 fully saturated rings. The van der Waals surface area contributed by atoms with Crippen LogP contribution in [0, 0.1) is 11.7 Å². The Kier molecular flexibility index (Phi) is 3.30. The van der Waals surface area contributed by atoms with Crippen LogP contribution in [0.2, 0.25) is 0 Å². The van der Waals surface area contributed by atoms with Gasteiger partial charge >= 0.3 is 0 Å². The first kappa shape index (κ1) is 13.6. The summed E-state index contributed by atoms with van der Waals surface area (Å²) in [6.07, 6.45) is 1.32. The number of hydrogen-bond acceptors (Lipinski definition) is 3. The average molecular weight is 273 g/mol. The Labute approximate surface area is 112 Å². The maximum atomic E-state index is 13.8. The van der Waals surface area contributed by atoms with E-state index >= 15 is 0 Å². The molecule has 0 unspecified atom stereocenters. The lowest BCUT2D eigenvalue weighted by Gasteiger charge is -2.33. The zero-order chi connectivity index (χ0) is 12.2. The van der Waals surface area contributed by atoms with Gasteiger partial charge in [-0.15, -0.1) is 12.4 Å². The Bertz CT molecular complexity index is 462. The Morgan fingerprint density at radius 2 is 2.17 bits per heavy atom. The van der Waals surface area contributed by atoms with Crippen molar-refractivity contribution in [1.82, 2.24) is 5.32 Å². The van der Waals surface area contributed by atoms with Crippen molar-refractivity contribution >= 4 is 18.1 Å². The summed E-state index contributed by atoms with van der Waals surface area (Å²) in [5.41, 5.74) is 6.07. The molecule has 2 atom stereocenters. The summed E-state index contributed by atoms with van der Waals surface area (Å²) in [6.45, 7) is 2.14. The van der Waals surface area contributed by atoms with E-state index in [9.17, 15) is 9.50 Å². The first-order valence-electron chi connectivity index (χ1n) is 6.00. The van der Waals surface area contributed by atoms with Gasteiger partial charge in [0, 0.05) is 17.1 Å². The summed E-state index contributed by atoms with van der Waals surface area (Å²) >= 11 is 0. The summed E-state index contributed by atoms with van der Waals surface area (Å²) in [4.78, 5) is 0. The topological polar surface area (TPSA) is 58.3 Å². The van der Waals surface area contributed by atoms with Crippen molar-refractivity contribution in [2.24, 2.45) is 5.92 Å². The average Bonchev–Trinajstić information content (AvgIpc) is 2.74. The first-order chi connectivity index (χ1) is 8.00. The standard InChI is InChI=1S/C13H17FN2O.ClH/c1-13-5-7(6-13)11(16-13)12(17)8-3-2-4-9(15)10(8)14;/h2-4,7,11-12,16-17H,5-6,15H2,1H3;1H/t7?,11-,12+,13?;/m1./s1. The molecule has 2 aliphatic heterocycles. The summed E-state index contributed by atoms with van der Waals surface area (Å²) in [7, 11) is 0. The Balaban J connectivity index is 0.00000120. The minimum Gasteiger partial charge on any atom is -0.396 e. The van der Waals surface area contributed by atoms with Gasteiger partial charge in [-0.1, -0.05) is 12.1 Å². The monoisotopic (exact) mass is 272 g/mol. The van der Waals surface area contributed by atoms with Crippen LogP contribution in [0.4, 0.5) is 10.1 Å². The molecule has 1 saturated carbocycles. The highest BCUT2D eigenvalue weighted by Gasteiger charge is 2.54. The molecule has 4 rings (SSSR count). The van der Waals surface area contributed by atoms with Crippen molar-refractivity contribution in [3.63, 3.8) is 0 Å². The number of fused-ring (bicyclic) bond motifs is 1. The van der Waals surface area contributed by atoms with Crippen LogP contribution in [0.3, 0.4) is 0 Å². The molecule has 2 bridgehead atoms. The van der Waals surface area contributed by atoms with Crippen molar-refractivity contribution in [3.8, 4) is 0 Å². The smallest absolute Gasteiger partial charge is 0.151 e. The zero-order valence-corrected chi connectivity index (χ0v) is 11.0. The van der Waals surface area contributed by atoms with Gasteiger partial charge in [-0.05, 0) is 31.7 Å². The molecule has 1 aromatic carbocycles. The maximum absolute atomic E-state index is 13.8. The van der Waals surface area contributed by atoms with E-state index in [0.717, 1.165) is 12.8 Å². The molecule has 3 aliphatic rings. The van der Waals surface area contributed by atoms with Crippen molar-refractivity contribution < 1.29 is 9.50 Å². The third kappa shape index (κ3) is 1.88. The molecule has 1 aliphatic carbocycles. The van der Waals surface area contributed by atoms with E-state index in [2.05, 4.69) is 12.2 Å². The molecule has 2 heterocycles. The van der Waals surface area contributed by atoms with E-state index in [0.29, 0.717) is 11.5 Å². The SMILES string of the molecule is CC12CC(C1)[C@H]([C@@H](O)c1cccc(N)c1F)N2.Cl. The molecule has 100 valence electrons.